The number of hydrogen-bond donors (Lipinski definition) is 2. The number of aromatic nitrogens is 2. The molecule has 2 saturated carbocycles. The summed E-state index contributed by atoms with van der Waals surface area (Å²) in [5.41, 5.74) is -7.49. The van der Waals surface area contributed by atoms with Gasteiger partial charge >= 0.3 is 6.18 Å². The maximum Gasteiger partial charge on any atom is 0.420 e. The van der Waals surface area contributed by atoms with Crippen molar-refractivity contribution in [1.82, 2.24) is 9.78 Å². The van der Waals surface area contributed by atoms with Gasteiger partial charge in [0.25, 0.3) is 5.91 Å². The summed E-state index contributed by atoms with van der Waals surface area (Å²) in [6, 6.07) is 2.62. The van der Waals surface area contributed by atoms with Gasteiger partial charge in [-0.15, -0.1) is 0 Å². The largest absolute Gasteiger partial charge is 0.420 e. The molecule has 0 unspecified atom stereocenters. The SMILES string of the molecule is CC1(Cn2nc(C3(F)CC3)c(C(F)(F)F)c2C(=O)Nc2ccc(F)c([S@](C)(=N)=O)c2)CC(F)(F)C1. The number of alkyl halides is 6. The Labute approximate surface area is 195 Å². The first-order valence-corrected chi connectivity index (χ1v) is 12.4. The lowest BCUT2D eigenvalue weighted by Gasteiger charge is -2.44. The van der Waals surface area contributed by atoms with Crippen LogP contribution >= 0.6 is 0 Å². The molecule has 0 aliphatic heterocycles. The standard InChI is InChI=1S/C21H21F7N4O2S/c1-18(8-20(24,25)9-18)10-32-15(14(21(26,27)28)16(31-32)19(23)5-6-19)17(33)30-11-3-4-12(22)13(7-11)35(2,29)34/h3-4,7,29H,5-6,8-10H2,1-2H3,(H,30,33)/t35-/m1/s1. The van der Waals surface area contributed by atoms with E-state index in [0.717, 1.165) is 24.5 Å². The lowest BCUT2D eigenvalue weighted by Crippen LogP contribution is -2.47. The fourth-order valence-corrected chi connectivity index (χ4v) is 5.27. The van der Waals surface area contributed by atoms with Crippen LogP contribution in [-0.4, -0.2) is 32.1 Å². The fraction of sp³-hybridized carbons (Fsp3) is 0.524. The van der Waals surface area contributed by atoms with E-state index in [1.165, 1.54) is 6.92 Å². The van der Waals surface area contributed by atoms with Gasteiger partial charge in [0.15, 0.2) is 5.67 Å². The minimum Gasteiger partial charge on any atom is -0.321 e. The zero-order valence-corrected chi connectivity index (χ0v) is 19.3. The van der Waals surface area contributed by atoms with Gasteiger partial charge in [0.2, 0.25) is 5.92 Å². The number of rotatable bonds is 6. The van der Waals surface area contributed by atoms with E-state index >= 15 is 0 Å². The van der Waals surface area contributed by atoms with Crippen molar-refractivity contribution in [3.8, 4) is 0 Å². The Balaban J connectivity index is 1.79. The molecule has 0 radical (unpaired) electrons. The Morgan fingerprint density at radius 1 is 1.23 bits per heavy atom. The minimum absolute atomic E-state index is 0.237. The summed E-state index contributed by atoms with van der Waals surface area (Å²) in [6.07, 6.45) is -6.04. The van der Waals surface area contributed by atoms with Gasteiger partial charge in [0, 0.05) is 31.3 Å². The van der Waals surface area contributed by atoms with Gasteiger partial charge in [-0.3, -0.25) is 9.48 Å². The van der Waals surface area contributed by atoms with Gasteiger partial charge < -0.3 is 5.32 Å². The molecule has 0 spiro atoms. The third-order valence-corrected chi connectivity index (χ3v) is 7.23. The van der Waals surface area contributed by atoms with Gasteiger partial charge in [-0.05, 0) is 36.5 Å². The summed E-state index contributed by atoms with van der Waals surface area (Å²) < 4.78 is 118. The van der Waals surface area contributed by atoms with Crippen LogP contribution in [0.3, 0.4) is 0 Å². The molecule has 0 saturated heterocycles. The van der Waals surface area contributed by atoms with Gasteiger partial charge in [-0.1, -0.05) is 6.92 Å². The topological polar surface area (TPSA) is 87.8 Å². The summed E-state index contributed by atoms with van der Waals surface area (Å²) in [7, 11) is -3.58. The second-order valence-corrected chi connectivity index (χ2v) is 11.8. The fourth-order valence-electron chi connectivity index (χ4n) is 4.48. The van der Waals surface area contributed by atoms with Crippen molar-refractivity contribution in [2.75, 3.05) is 11.6 Å². The molecule has 2 aliphatic rings. The van der Waals surface area contributed by atoms with Crippen molar-refractivity contribution in [2.45, 2.75) is 61.8 Å². The predicted molar refractivity (Wildman–Crippen MR) is 111 cm³/mol. The number of halogens is 7. The molecular formula is C21H21F7N4O2S. The van der Waals surface area contributed by atoms with E-state index in [4.69, 9.17) is 4.78 Å². The molecule has 6 nitrogen and oxygen atoms in total. The lowest BCUT2D eigenvalue weighted by atomic mass is 9.67. The number of amides is 1. The van der Waals surface area contributed by atoms with Crippen molar-refractivity contribution >= 4 is 21.3 Å². The second-order valence-electron chi connectivity index (χ2n) is 9.66. The van der Waals surface area contributed by atoms with Crippen molar-refractivity contribution in [2.24, 2.45) is 5.41 Å². The highest BCUT2D eigenvalue weighted by molar-refractivity contribution is 7.91. The summed E-state index contributed by atoms with van der Waals surface area (Å²) in [5, 5.41) is 5.87. The Bertz CT molecular complexity index is 1310. The molecule has 1 aromatic carbocycles. The van der Waals surface area contributed by atoms with Crippen LogP contribution in [-0.2, 0) is 28.1 Å². The maximum atomic E-state index is 14.9. The monoisotopic (exact) mass is 526 g/mol. The normalized spacial score (nSPS) is 21.6. The van der Waals surface area contributed by atoms with Crippen molar-refractivity contribution in [1.29, 1.82) is 4.78 Å². The van der Waals surface area contributed by atoms with E-state index in [0.29, 0.717) is 4.68 Å². The molecule has 2 fully saturated rings. The number of nitrogens with zero attached hydrogens (tertiary/aromatic N) is 2. The van der Waals surface area contributed by atoms with Crippen molar-refractivity contribution in [3.05, 3.63) is 41.0 Å². The van der Waals surface area contributed by atoms with Gasteiger partial charge in [-0.2, -0.15) is 18.3 Å². The number of carbonyl (C=O) groups excluding carboxylic acids is 1. The predicted octanol–water partition coefficient (Wildman–Crippen LogP) is 5.72. The molecule has 192 valence electrons. The first kappa shape index (κ1) is 25.5. The number of nitrogens with one attached hydrogen (secondary N) is 2. The van der Waals surface area contributed by atoms with E-state index < -0.39 is 85.9 Å². The van der Waals surface area contributed by atoms with E-state index in [1.54, 1.807) is 0 Å². The molecule has 1 aromatic heterocycles. The Kier molecular flexibility index (Phi) is 5.58. The van der Waals surface area contributed by atoms with E-state index in [9.17, 15) is 39.7 Å². The number of hydrogen-bond acceptors (Lipinski definition) is 4. The van der Waals surface area contributed by atoms with Crippen LogP contribution in [0.2, 0.25) is 0 Å². The zero-order valence-electron chi connectivity index (χ0n) is 18.5. The van der Waals surface area contributed by atoms with Crippen LogP contribution in [0, 0.1) is 16.0 Å². The molecular weight excluding hydrogens is 505 g/mol. The second kappa shape index (κ2) is 7.68. The lowest BCUT2D eigenvalue weighted by molar-refractivity contribution is -0.160. The third kappa shape index (κ3) is 4.89. The summed E-state index contributed by atoms with van der Waals surface area (Å²) in [4.78, 5) is 12.5. The van der Waals surface area contributed by atoms with Crippen LogP contribution in [0.4, 0.5) is 36.4 Å². The van der Waals surface area contributed by atoms with E-state index in [1.807, 2.05) is 0 Å². The number of carbonyl (C=O) groups is 1. The molecule has 4 rings (SSSR count). The smallest absolute Gasteiger partial charge is 0.321 e. The van der Waals surface area contributed by atoms with Crippen LogP contribution in [0.15, 0.2) is 23.1 Å². The van der Waals surface area contributed by atoms with E-state index in [-0.39, 0.29) is 18.5 Å². The molecule has 1 atom stereocenters. The first-order valence-electron chi connectivity index (χ1n) is 10.4. The molecule has 2 aliphatic carbocycles. The van der Waals surface area contributed by atoms with Crippen LogP contribution in [0.5, 0.6) is 0 Å². The average Bonchev–Trinajstić information content (AvgIpc) is 3.27. The molecule has 14 heteroatoms. The Morgan fingerprint density at radius 2 is 1.83 bits per heavy atom. The molecule has 1 heterocycles. The highest BCUT2D eigenvalue weighted by atomic mass is 32.2. The average molecular weight is 526 g/mol. The highest BCUT2D eigenvalue weighted by Crippen LogP contribution is 2.55. The molecule has 1 amide bonds. The van der Waals surface area contributed by atoms with Crippen molar-refractivity contribution < 1.29 is 39.7 Å². The molecule has 0 bridgehead atoms. The van der Waals surface area contributed by atoms with Crippen LogP contribution in [0.1, 0.15) is 54.4 Å². The molecule has 2 N–H and O–H groups in total. The van der Waals surface area contributed by atoms with Crippen molar-refractivity contribution in [3.63, 3.8) is 0 Å². The zero-order chi connectivity index (χ0) is 26.2. The third-order valence-electron chi connectivity index (χ3n) is 6.08. The summed E-state index contributed by atoms with van der Waals surface area (Å²) >= 11 is 0. The highest BCUT2D eigenvalue weighted by Gasteiger charge is 2.57. The first-order chi connectivity index (χ1) is 15.8. The number of benzene rings is 1. The summed E-state index contributed by atoms with van der Waals surface area (Å²) in [6.45, 7) is 0.913. The minimum atomic E-state index is -5.20. The summed E-state index contributed by atoms with van der Waals surface area (Å²) in [5.74, 6) is -5.41. The van der Waals surface area contributed by atoms with Gasteiger partial charge in [0.1, 0.15) is 22.8 Å². The molecule has 35 heavy (non-hydrogen) atoms. The quantitative estimate of drug-likeness (QED) is 0.472. The number of anilines is 1. The Morgan fingerprint density at radius 3 is 2.31 bits per heavy atom. The van der Waals surface area contributed by atoms with Crippen LogP contribution < -0.4 is 5.32 Å². The van der Waals surface area contributed by atoms with E-state index in [2.05, 4.69) is 10.4 Å². The molecule has 2 aromatic rings. The van der Waals surface area contributed by atoms with Gasteiger partial charge in [0.05, 0.1) is 14.6 Å². The van der Waals surface area contributed by atoms with Gasteiger partial charge in [-0.25, -0.2) is 26.6 Å². The maximum absolute atomic E-state index is 14.9. The van der Waals surface area contributed by atoms with Crippen LogP contribution in [0.25, 0.3) is 0 Å². The Hall–Kier alpha value is -2.64.